The first-order valence-electron chi connectivity index (χ1n) is 6.44. The average molecular weight is 242 g/mol. The van der Waals surface area contributed by atoms with Crippen LogP contribution in [-0.2, 0) is 4.79 Å². The lowest BCUT2D eigenvalue weighted by Gasteiger charge is -2.41. The molecule has 0 spiro atoms. The van der Waals surface area contributed by atoms with Crippen LogP contribution in [0.1, 0.15) is 52.9 Å². The van der Waals surface area contributed by atoms with Gasteiger partial charge in [0, 0.05) is 12.5 Å². The molecule has 1 unspecified atom stereocenters. The van der Waals surface area contributed by atoms with Crippen LogP contribution >= 0.6 is 0 Å². The van der Waals surface area contributed by atoms with Crippen LogP contribution in [0.4, 0.5) is 0 Å². The molecule has 0 aromatic carbocycles. The molecular weight excluding hydrogens is 216 g/mol. The Balaban J connectivity index is 2.34. The molecule has 0 aromatic heterocycles. The third kappa shape index (κ3) is 4.64. The second-order valence-electron chi connectivity index (χ2n) is 6.57. The van der Waals surface area contributed by atoms with Crippen LogP contribution in [0.2, 0.25) is 0 Å². The van der Waals surface area contributed by atoms with Crippen LogP contribution in [0.3, 0.4) is 0 Å². The van der Waals surface area contributed by atoms with Crippen LogP contribution in [0.5, 0.6) is 0 Å². The number of hydrogen-bond acceptors (Lipinski definition) is 3. The minimum atomic E-state index is -0.349. The smallest absolute Gasteiger partial charge is 0.222 e. The van der Waals surface area contributed by atoms with Gasteiger partial charge in [-0.25, -0.2) is 0 Å². The summed E-state index contributed by atoms with van der Waals surface area (Å²) in [6, 6.07) is -0.106. The summed E-state index contributed by atoms with van der Waals surface area (Å²) in [7, 11) is 0. The van der Waals surface area contributed by atoms with Crippen molar-refractivity contribution in [3.63, 3.8) is 0 Å². The molecule has 4 N–H and O–H groups in total. The van der Waals surface area contributed by atoms with E-state index in [1.54, 1.807) is 0 Å². The Morgan fingerprint density at radius 3 is 2.41 bits per heavy atom. The number of hydrogen-bond donors (Lipinski definition) is 3. The molecule has 4 nitrogen and oxygen atoms in total. The van der Waals surface area contributed by atoms with Crippen molar-refractivity contribution >= 4 is 5.91 Å². The molecule has 4 heteroatoms. The quantitative estimate of drug-likeness (QED) is 0.677. The highest BCUT2D eigenvalue weighted by Crippen LogP contribution is 2.31. The molecule has 1 saturated carbocycles. The molecule has 1 amide bonds. The molecule has 1 fully saturated rings. The molecule has 0 saturated heterocycles. The Kier molecular flexibility index (Phi) is 4.55. The largest absolute Gasteiger partial charge is 0.394 e. The van der Waals surface area contributed by atoms with Gasteiger partial charge >= 0.3 is 0 Å². The van der Waals surface area contributed by atoms with E-state index >= 15 is 0 Å². The lowest BCUT2D eigenvalue weighted by atomic mass is 9.77. The van der Waals surface area contributed by atoms with Crippen LogP contribution in [0.25, 0.3) is 0 Å². The molecule has 0 heterocycles. The summed E-state index contributed by atoms with van der Waals surface area (Å²) in [6.45, 7) is 6.39. The van der Waals surface area contributed by atoms with E-state index in [4.69, 9.17) is 5.73 Å². The van der Waals surface area contributed by atoms with Gasteiger partial charge in [0.15, 0.2) is 0 Å². The minimum absolute atomic E-state index is 0.0319. The summed E-state index contributed by atoms with van der Waals surface area (Å²) >= 11 is 0. The van der Waals surface area contributed by atoms with Crippen LogP contribution in [0.15, 0.2) is 0 Å². The van der Waals surface area contributed by atoms with Gasteiger partial charge in [-0.15, -0.1) is 0 Å². The zero-order valence-electron chi connectivity index (χ0n) is 11.3. The third-order valence-electron chi connectivity index (χ3n) is 3.34. The van der Waals surface area contributed by atoms with Gasteiger partial charge < -0.3 is 16.2 Å². The number of aliphatic hydroxyl groups is 1. The molecule has 1 atom stereocenters. The van der Waals surface area contributed by atoms with E-state index in [-0.39, 0.29) is 29.5 Å². The number of amides is 1. The fraction of sp³-hybridized carbons (Fsp3) is 0.923. The summed E-state index contributed by atoms with van der Waals surface area (Å²) in [5.74, 6) is -0.0319. The second-order valence-corrected chi connectivity index (χ2v) is 6.57. The molecule has 1 aliphatic carbocycles. The zero-order chi connectivity index (χ0) is 13.1. The summed E-state index contributed by atoms with van der Waals surface area (Å²) in [5, 5.41) is 12.2. The minimum Gasteiger partial charge on any atom is -0.394 e. The number of rotatable bonds is 5. The van der Waals surface area contributed by atoms with Crippen molar-refractivity contribution in [3.8, 4) is 0 Å². The van der Waals surface area contributed by atoms with E-state index in [1.807, 2.05) is 0 Å². The van der Waals surface area contributed by atoms with Crippen molar-refractivity contribution in [2.24, 2.45) is 11.1 Å². The molecule has 0 radical (unpaired) electrons. The molecule has 1 rings (SSSR count). The molecule has 0 aliphatic heterocycles. The predicted octanol–water partition coefficient (Wildman–Crippen LogP) is 1.17. The maximum Gasteiger partial charge on any atom is 0.222 e. The first-order chi connectivity index (χ1) is 7.76. The van der Waals surface area contributed by atoms with Gasteiger partial charge in [0.25, 0.3) is 0 Å². The van der Waals surface area contributed by atoms with E-state index < -0.39 is 0 Å². The van der Waals surface area contributed by atoms with Crippen molar-refractivity contribution in [3.05, 3.63) is 0 Å². The first kappa shape index (κ1) is 14.5. The summed E-state index contributed by atoms with van der Waals surface area (Å²) in [4.78, 5) is 11.8. The van der Waals surface area contributed by atoms with Crippen molar-refractivity contribution in [2.75, 3.05) is 6.61 Å². The van der Waals surface area contributed by atoms with Crippen LogP contribution in [-0.4, -0.2) is 29.2 Å². The standard InChI is InChI=1S/C13H26N2O2/c1-12(2,3)8-10(14)7-11(17)15-13(9-16)5-4-6-13/h10,16H,4-9,14H2,1-3H3,(H,15,17). The van der Waals surface area contributed by atoms with E-state index in [2.05, 4.69) is 26.1 Å². The van der Waals surface area contributed by atoms with Crippen LogP contribution < -0.4 is 11.1 Å². The Hall–Kier alpha value is -0.610. The maximum absolute atomic E-state index is 11.8. The van der Waals surface area contributed by atoms with Gasteiger partial charge in [0.05, 0.1) is 12.1 Å². The predicted molar refractivity (Wildman–Crippen MR) is 68.5 cm³/mol. The molecule has 17 heavy (non-hydrogen) atoms. The third-order valence-corrected chi connectivity index (χ3v) is 3.34. The summed E-state index contributed by atoms with van der Waals surface area (Å²) in [5.41, 5.74) is 5.75. The molecule has 0 bridgehead atoms. The Morgan fingerprint density at radius 1 is 1.47 bits per heavy atom. The zero-order valence-corrected chi connectivity index (χ0v) is 11.3. The number of nitrogens with two attached hydrogens (primary N) is 1. The van der Waals surface area contributed by atoms with Crippen LogP contribution in [0, 0.1) is 5.41 Å². The van der Waals surface area contributed by atoms with Crippen molar-refractivity contribution in [2.45, 2.75) is 64.5 Å². The lowest BCUT2D eigenvalue weighted by molar-refractivity contribution is -0.125. The van der Waals surface area contributed by atoms with Gasteiger partial charge in [0.2, 0.25) is 5.91 Å². The highest BCUT2D eigenvalue weighted by molar-refractivity contribution is 5.77. The number of nitrogens with one attached hydrogen (secondary N) is 1. The van der Waals surface area contributed by atoms with Crippen molar-refractivity contribution in [1.29, 1.82) is 0 Å². The van der Waals surface area contributed by atoms with Gasteiger partial charge in [-0.2, -0.15) is 0 Å². The summed E-state index contributed by atoms with van der Waals surface area (Å²) < 4.78 is 0. The lowest BCUT2D eigenvalue weighted by Crippen LogP contribution is -2.56. The van der Waals surface area contributed by atoms with Crippen molar-refractivity contribution < 1.29 is 9.90 Å². The highest BCUT2D eigenvalue weighted by Gasteiger charge is 2.37. The number of aliphatic hydroxyl groups excluding tert-OH is 1. The van der Waals surface area contributed by atoms with E-state index in [0.717, 1.165) is 25.7 Å². The van der Waals surface area contributed by atoms with E-state index in [1.165, 1.54) is 0 Å². The van der Waals surface area contributed by atoms with Gasteiger partial charge in [-0.1, -0.05) is 20.8 Å². The Morgan fingerprint density at radius 2 is 2.06 bits per heavy atom. The molecule has 0 aromatic rings. The SMILES string of the molecule is CC(C)(C)CC(N)CC(=O)NC1(CO)CCC1. The molecule has 1 aliphatic rings. The van der Waals surface area contributed by atoms with Crippen molar-refractivity contribution in [1.82, 2.24) is 5.32 Å². The highest BCUT2D eigenvalue weighted by atomic mass is 16.3. The van der Waals surface area contributed by atoms with Gasteiger partial charge in [-0.3, -0.25) is 4.79 Å². The molecule has 100 valence electrons. The average Bonchev–Trinajstić information content (AvgIpc) is 2.07. The molecular formula is C13H26N2O2. The normalized spacial score (nSPS) is 20.5. The maximum atomic E-state index is 11.8. The first-order valence-corrected chi connectivity index (χ1v) is 6.44. The fourth-order valence-electron chi connectivity index (χ4n) is 2.37. The van der Waals surface area contributed by atoms with E-state index in [9.17, 15) is 9.90 Å². The fourth-order valence-corrected chi connectivity index (χ4v) is 2.37. The van der Waals surface area contributed by atoms with E-state index in [0.29, 0.717) is 6.42 Å². The number of carbonyl (C=O) groups is 1. The Bertz CT molecular complexity index is 262. The topological polar surface area (TPSA) is 75.4 Å². The monoisotopic (exact) mass is 242 g/mol. The second kappa shape index (κ2) is 5.36. The Labute approximate surface area is 104 Å². The van der Waals surface area contributed by atoms with Gasteiger partial charge in [-0.05, 0) is 31.1 Å². The van der Waals surface area contributed by atoms with Gasteiger partial charge in [0.1, 0.15) is 0 Å². The number of carbonyl (C=O) groups excluding carboxylic acids is 1. The summed E-state index contributed by atoms with van der Waals surface area (Å²) in [6.07, 6.45) is 4.01.